The maximum Gasteiger partial charge on any atom is 0.335 e. The van der Waals surface area contributed by atoms with Gasteiger partial charge in [-0.15, -0.1) is 0 Å². The highest BCUT2D eigenvalue weighted by Gasteiger charge is 2.10. The van der Waals surface area contributed by atoms with Gasteiger partial charge in [-0.2, -0.15) is 0 Å². The Hall–Kier alpha value is -2.21. The smallest absolute Gasteiger partial charge is 0.335 e. The predicted molar refractivity (Wildman–Crippen MR) is 69.9 cm³/mol. The Morgan fingerprint density at radius 2 is 2.15 bits per heavy atom. The molecule has 6 heteroatoms. The zero-order chi connectivity index (χ0) is 14.7. The average molecular weight is 278 g/mol. The van der Waals surface area contributed by atoms with E-state index >= 15 is 0 Å². The maximum atomic E-state index is 13.6. The van der Waals surface area contributed by atoms with E-state index in [1.807, 2.05) is 13.8 Å². The number of rotatable bonds is 5. The number of hydrogen-bond donors (Lipinski definition) is 2. The van der Waals surface area contributed by atoms with Gasteiger partial charge < -0.3 is 14.9 Å². The third-order valence-corrected chi connectivity index (χ3v) is 3.09. The highest BCUT2D eigenvalue weighted by molar-refractivity contribution is 5.87. The van der Waals surface area contributed by atoms with Crippen LogP contribution in [0.5, 0.6) is 0 Å². The Kier molecular flexibility index (Phi) is 4.14. The molecular formula is C14H15FN2O3. The molecule has 1 aromatic carbocycles. The van der Waals surface area contributed by atoms with E-state index in [2.05, 4.69) is 10.5 Å². The third kappa shape index (κ3) is 3.03. The number of nitrogens with one attached hydrogen (secondary N) is 1. The number of nitrogens with zero attached hydrogens (tertiary/aromatic N) is 1. The molecule has 0 saturated carbocycles. The first-order chi connectivity index (χ1) is 9.49. The van der Waals surface area contributed by atoms with Crippen LogP contribution in [0.25, 0.3) is 0 Å². The van der Waals surface area contributed by atoms with Crippen LogP contribution in [0.2, 0.25) is 0 Å². The van der Waals surface area contributed by atoms with E-state index in [1.54, 1.807) is 0 Å². The minimum absolute atomic E-state index is 0.0699. The molecule has 0 saturated heterocycles. The summed E-state index contributed by atoms with van der Waals surface area (Å²) in [5, 5.41) is 15.8. The van der Waals surface area contributed by atoms with E-state index < -0.39 is 11.8 Å². The number of aryl methyl sites for hydroxylation is 2. The van der Waals surface area contributed by atoms with Crippen molar-refractivity contribution >= 4 is 5.97 Å². The monoisotopic (exact) mass is 278 g/mol. The van der Waals surface area contributed by atoms with E-state index in [-0.39, 0.29) is 12.1 Å². The largest absolute Gasteiger partial charge is 0.478 e. The fourth-order valence-corrected chi connectivity index (χ4v) is 1.92. The zero-order valence-electron chi connectivity index (χ0n) is 11.2. The molecule has 106 valence electrons. The number of carboxylic acids is 1. The van der Waals surface area contributed by atoms with E-state index in [1.165, 1.54) is 12.1 Å². The SMILES string of the molecule is Cc1noc(C)c1CNCc1cc(C(=O)O)ccc1F. The number of aromatic carboxylic acids is 1. The summed E-state index contributed by atoms with van der Waals surface area (Å²) in [7, 11) is 0. The van der Waals surface area contributed by atoms with Gasteiger partial charge in [0.25, 0.3) is 0 Å². The lowest BCUT2D eigenvalue weighted by Crippen LogP contribution is -2.15. The summed E-state index contributed by atoms with van der Waals surface area (Å²) in [6.45, 7) is 4.36. The fourth-order valence-electron chi connectivity index (χ4n) is 1.92. The molecule has 0 aliphatic carbocycles. The van der Waals surface area contributed by atoms with Crippen LogP contribution in [-0.2, 0) is 13.1 Å². The molecule has 20 heavy (non-hydrogen) atoms. The van der Waals surface area contributed by atoms with E-state index in [0.717, 1.165) is 23.1 Å². The molecule has 2 N–H and O–H groups in total. The Morgan fingerprint density at radius 1 is 1.40 bits per heavy atom. The van der Waals surface area contributed by atoms with Gasteiger partial charge in [0.15, 0.2) is 0 Å². The molecule has 5 nitrogen and oxygen atoms in total. The van der Waals surface area contributed by atoms with Gasteiger partial charge in [0.05, 0.1) is 11.3 Å². The number of hydrogen-bond acceptors (Lipinski definition) is 4. The lowest BCUT2D eigenvalue weighted by molar-refractivity contribution is 0.0696. The second-order valence-corrected chi connectivity index (χ2v) is 4.52. The lowest BCUT2D eigenvalue weighted by atomic mass is 10.1. The van der Waals surface area contributed by atoms with Gasteiger partial charge in [-0.05, 0) is 32.0 Å². The molecule has 0 unspecified atom stereocenters. The topological polar surface area (TPSA) is 75.4 Å². The van der Waals surface area contributed by atoms with Crippen LogP contribution in [0.15, 0.2) is 22.7 Å². The predicted octanol–water partition coefficient (Wildman–Crippen LogP) is 2.42. The van der Waals surface area contributed by atoms with Crippen LogP contribution < -0.4 is 5.32 Å². The molecule has 0 aliphatic rings. The van der Waals surface area contributed by atoms with Gasteiger partial charge in [0, 0.05) is 24.2 Å². The highest BCUT2D eigenvalue weighted by Crippen LogP contribution is 2.13. The quantitative estimate of drug-likeness (QED) is 0.878. The van der Waals surface area contributed by atoms with Crippen LogP contribution in [0.1, 0.15) is 32.9 Å². The second kappa shape index (κ2) is 5.83. The highest BCUT2D eigenvalue weighted by atomic mass is 19.1. The molecule has 1 heterocycles. The molecule has 0 amide bonds. The second-order valence-electron chi connectivity index (χ2n) is 4.52. The Labute approximate surface area is 115 Å². The van der Waals surface area contributed by atoms with Gasteiger partial charge in [-0.3, -0.25) is 0 Å². The third-order valence-electron chi connectivity index (χ3n) is 3.09. The molecular weight excluding hydrogens is 263 g/mol. The summed E-state index contributed by atoms with van der Waals surface area (Å²) >= 11 is 0. The summed E-state index contributed by atoms with van der Waals surface area (Å²) in [4.78, 5) is 10.9. The molecule has 0 atom stereocenters. The fraction of sp³-hybridized carbons (Fsp3) is 0.286. The Balaban J connectivity index is 2.04. The van der Waals surface area contributed by atoms with Crippen LogP contribution in [0.4, 0.5) is 4.39 Å². The van der Waals surface area contributed by atoms with Crippen LogP contribution in [-0.4, -0.2) is 16.2 Å². The number of aromatic nitrogens is 1. The van der Waals surface area contributed by atoms with Crippen molar-refractivity contribution in [1.29, 1.82) is 0 Å². The average Bonchev–Trinajstić information content (AvgIpc) is 2.72. The molecule has 0 spiro atoms. The van der Waals surface area contributed by atoms with Crippen LogP contribution >= 0.6 is 0 Å². The molecule has 2 rings (SSSR count). The minimum atomic E-state index is -1.07. The van der Waals surface area contributed by atoms with Crippen molar-refractivity contribution in [2.45, 2.75) is 26.9 Å². The van der Waals surface area contributed by atoms with Gasteiger partial charge >= 0.3 is 5.97 Å². The summed E-state index contributed by atoms with van der Waals surface area (Å²) in [6.07, 6.45) is 0. The van der Waals surface area contributed by atoms with Crippen molar-refractivity contribution in [3.8, 4) is 0 Å². The van der Waals surface area contributed by atoms with E-state index in [4.69, 9.17) is 9.63 Å². The van der Waals surface area contributed by atoms with Crippen molar-refractivity contribution in [3.63, 3.8) is 0 Å². The van der Waals surface area contributed by atoms with Crippen molar-refractivity contribution in [2.75, 3.05) is 0 Å². The van der Waals surface area contributed by atoms with E-state index in [0.29, 0.717) is 12.1 Å². The number of halogens is 1. The molecule has 0 radical (unpaired) electrons. The number of benzene rings is 1. The molecule has 0 bridgehead atoms. The summed E-state index contributed by atoms with van der Waals surface area (Å²) < 4.78 is 18.6. The zero-order valence-corrected chi connectivity index (χ0v) is 11.2. The van der Waals surface area contributed by atoms with Crippen molar-refractivity contribution < 1.29 is 18.8 Å². The lowest BCUT2D eigenvalue weighted by Gasteiger charge is -2.07. The van der Waals surface area contributed by atoms with Crippen molar-refractivity contribution in [3.05, 3.63) is 52.2 Å². The summed E-state index contributed by atoms with van der Waals surface area (Å²) in [6, 6.07) is 3.74. The number of carbonyl (C=O) groups is 1. The molecule has 1 aromatic heterocycles. The molecule has 0 fully saturated rings. The van der Waals surface area contributed by atoms with Crippen LogP contribution in [0, 0.1) is 19.7 Å². The summed E-state index contributed by atoms with van der Waals surface area (Å²) in [5.74, 6) is -0.784. The van der Waals surface area contributed by atoms with Crippen LogP contribution in [0.3, 0.4) is 0 Å². The van der Waals surface area contributed by atoms with Crippen molar-refractivity contribution in [1.82, 2.24) is 10.5 Å². The molecule has 2 aromatic rings. The van der Waals surface area contributed by atoms with Gasteiger partial charge in [0.2, 0.25) is 0 Å². The maximum absolute atomic E-state index is 13.6. The number of carboxylic acid groups (broad SMARTS) is 1. The van der Waals surface area contributed by atoms with Crippen molar-refractivity contribution in [2.24, 2.45) is 0 Å². The normalized spacial score (nSPS) is 10.8. The van der Waals surface area contributed by atoms with E-state index in [9.17, 15) is 9.18 Å². The Morgan fingerprint density at radius 3 is 2.75 bits per heavy atom. The standard InChI is InChI=1S/C14H15FN2O3/c1-8-12(9(2)20-17-8)7-16-6-11-5-10(14(18)19)3-4-13(11)15/h3-5,16H,6-7H2,1-2H3,(H,18,19). The Bertz CT molecular complexity index is 618. The minimum Gasteiger partial charge on any atom is -0.478 e. The summed E-state index contributed by atoms with van der Waals surface area (Å²) in [5.41, 5.74) is 2.10. The van der Waals surface area contributed by atoms with Gasteiger partial charge in [0.1, 0.15) is 11.6 Å². The van der Waals surface area contributed by atoms with Gasteiger partial charge in [-0.1, -0.05) is 5.16 Å². The first-order valence-corrected chi connectivity index (χ1v) is 6.13. The first-order valence-electron chi connectivity index (χ1n) is 6.13. The first kappa shape index (κ1) is 14.2. The van der Waals surface area contributed by atoms with Gasteiger partial charge in [-0.25, -0.2) is 9.18 Å². The molecule has 0 aliphatic heterocycles.